The highest BCUT2D eigenvalue weighted by Gasteiger charge is 2.22. The van der Waals surface area contributed by atoms with Gasteiger partial charge in [-0.3, -0.25) is 0 Å². The second-order valence-corrected chi connectivity index (χ2v) is 13.4. The molecule has 6 aromatic carbocycles. The van der Waals surface area contributed by atoms with Gasteiger partial charge in [0.25, 0.3) is 0 Å². The van der Waals surface area contributed by atoms with Crippen molar-refractivity contribution in [1.82, 2.24) is 14.5 Å². The highest BCUT2D eigenvalue weighted by molar-refractivity contribution is 7.27. The van der Waals surface area contributed by atoms with E-state index in [4.69, 9.17) is 9.97 Å². The normalized spacial score (nSPS) is 12.0. The fourth-order valence-corrected chi connectivity index (χ4v) is 9.33. The zero-order valence-corrected chi connectivity index (χ0v) is 25.6. The van der Waals surface area contributed by atoms with Gasteiger partial charge in [0, 0.05) is 63.2 Å². The maximum absolute atomic E-state index is 5.34. The number of benzene rings is 6. The predicted molar refractivity (Wildman–Crippen MR) is 193 cm³/mol. The Hall–Kier alpha value is -5.36. The summed E-state index contributed by atoms with van der Waals surface area (Å²) in [5.74, 6) is 0.760. The number of para-hydroxylation sites is 2. The molecule has 0 bridgehead atoms. The molecule has 0 aliphatic carbocycles. The summed E-state index contributed by atoms with van der Waals surface area (Å²) in [5.41, 5.74) is 6.79. The van der Waals surface area contributed by atoms with Crippen LogP contribution in [0.5, 0.6) is 0 Å². The van der Waals surface area contributed by atoms with Gasteiger partial charge in [-0.05, 0) is 30.3 Å². The van der Waals surface area contributed by atoms with E-state index in [1.807, 2.05) is 17.4 Å². The monoisotopic (exact) mass is 609 g/mol. The molecule has 0 spiro atoms. The molecular weight excluding hydrogens is 587 g/mol. The Bertz CT molecular complexity index is 2750. The van der Waals surface area contributed by atoms with Crippen LogP contribution in [0.1, 0.15) is 0 Å². The molecule has 45 heavy (non-hydrogen) atoms. The summed E-state index contributed by atoms with van der Waals surface area (Å²) in [5, 5.41) is 7.46. The smallest absolute Gasteiger partial charge is 0.161 e. The van der Waals surface area contributed by atoms with Gasteiger partial charge >= 0.3 is 0 Å². The summed E-state index contributed by atoms with van der Waals surface area (Å²) < 4.78 is 6.19. The maximum atomic E-state index is 5.34. The molecule has 210 valence electrons. The van der Waals surface area contributed by atoms with Crippen LogP contribution in [0.2, 0.25) is 0 Å². The van der Waals surface area contributed by atoms with Crippen molar-refractivity contribution in [2.24, 2.45) is 0 Å². The molecule has 0 unspecified atom stereocenters. The van der Waals surface area contributed by atoms with Gasteiger partial charge in [-0.1, -0.05) is 109 Å². The molecule has 3 nitrogen and oxygen atoms in total. The standard InChI is InChI=1S/C40H23N3S2/c1-3-12-24(13-4-1)39-41-36(35-29-17-8-10-21-33(29)44-40(35)42-39)30-19-11-18-26-27-22-23-32-34(38(27)45-37(26)30)28-16-7-9-20-31(28)43(32)25-14-5-2-6-15-25/h1-23H. The topological polar surface area (TPSA) is 30.7 Å². The Morgan fingerprint density at radius 2 is 1.18 bits per heavy atom. The Balaban J connectivity index is 1.33. The Labute approximate surface area is 266 Å². The summed E-state index contributed by atoms with van der Waals surface area (Å²) in [7, 11) is 0. The third kappa shape index (κ3) is 3.62. The van der Waals surface area contributed by atoms with Crippen molar-refractivity contribution >= 4 is 85.0 Å². The second kappa shape index (κ2) is 9.57. The van der Waals surface area contributed by atoms with Crippen molar-refractivity contribution in [2.45, 2.75) is 0 Å². The molecule has 0 atom stereocenters. The van der Waals surface area contributed by atoms with Crippen molar-refractivity contribution in [3.8, 4) is 28.3 Å². The molecule has 4 heterocycles. The SMILES string of the molecule is c1ccc(-c2nc(-c3cccc4c3sc3c4ccc4c3c3ccccc3n4-c3ccccc3)c3c(n2)sc2ccccc23)cc1. The predicted octanol–water partition coefficient (Wildman–Crippen LogP) is 11.6. The van der Waals surface area contributed by atoms with Crippen molar-refractivity contribution in [3.05, 3.63) is 140 Å². The lowest BCUT2D eigenvalue weighted by Gasteiger charge is -2.08. The summed E-state index contributed by atoms with van der Waals surface area (Å²) >= 11 is 3.63. The molecule has 0 saturated heterocycles. The molecule has 0 amide bonds. The highest BCUT2D eigenvalue weighted by atomic mass is 32.1. The molecule has 10 aromatic rings. The largest absolute Gasteiger partial charge is 0.309 e. The van der Waals surface area contributed by atoms with E-state index in [1.54, 1.807) is 11.3 Å². The van der Waals surface area contributed by atoms with E-state index in [2.05, 4.69) is 138 Å². The highest BCUT2D eigenvalue weighted by Crippen LogP contribution is 2.48. The lowest BCUT2D eigenvalue weighted by Crippen LogP contribution is -1.93. The summed E-state index contributed by atoms with van der Waals surface area (Å²) in [4.78, 5) is 11.5. The first kappa shape index (κ1) is 25.0. The molecular formula is C40H23N3S2. The van der Waals surface area contributed by atoms with Crippen LogP contribution < -0.4 is 0 Å². The number of hydrogen-bond donors (Lipinski definition) is 0. The van der Waals surface area contributed by atoms with Crippen LogP contribution in [-0.4, -0.2) is 14.5 Å². The summed E-state index contributed by atoms with van der Waals surface area (Å²) in [6.07, 6.45) is 0. The zero-order valence-electron chi connectivity index (χ0n) is 23.9. The Kier molecular flexibility index (Phi) is 5.32. The molecule has 10 rings (SSSR count). The fraction of sp³-hybridized carbons (Fsp3) is 0. The molecule has 5 heteroatoms. The first-order valence-electron chi connectivity index (χ1n) is 15.0. The third-order valence-electron chi connectivity index (χ3n) is 8.84. The van der Waals surface area contributed by atoms with E-state index in [-0.39, 0.29) is 0 Å². The zero-order chi connectivity index (χ0) is 29.5. The van der Waals surface area contributed by atoms with E-state index in [0.29, 0.717) is 0 Å². The van der Waals surface area contributed by atoms with Crippen molar-refractivity contribution in [3.63, 3.8) is 0 Å². The van der Waals surface area contributed by atoms with Crippen LogP contribution in [0.15, 0.2) is 140 Å². The van der Waals surface area contributed by atoms with Gasteiger partial charge in [0.05, 0.1) is 16.7 Å². The summed E-state index contributed by atoms with van der Waals surface area (Å²) in [6, 6.07) is 49.7. The van der Waals surface area contributed by atoms with Crippen LogP contribution >= 0.6 is 22.7 Å². The molecule has 0 aliphatic heterocycles. The number of aromatic nitrogens is 3. The van der Waals surface area contributed by atoms with Crippen molar-refractivity contribution in [2.75, 3.05) is 0 Å². The minimum atomic E-state index is 0.760. The molecule has 0 radical (unpaired) electrons. The van der Waals surface area contributed by atoms with E-state index in [0.717, 1.165) is 32.9 Å². The van der Waals surface area contributed by atoms with Gasteiger partial charge in [-0.25, -0.2) is 9.97 Å². The number of thiophene rings is 2. The molecule has 0 N–H and O–H groups in total. The van der Waals surface area contributed by atoms with E-state index in [9.17, 15) is 0 Å². The van der Waals surface area contributed by atoms with Gasteiger partial charge < -0.3 is 4.57 Å². The van der Waals surface area contributed by atoms with Crippen LogP contribution in [0, 0.1) is 0 Å². The average Bonchev–Trinajstić information content (AvgIpc) is 3.78. The van der Waals surface area contributed by atoms with Gasteiger partial charge in [0.15, 0.2) is 5.82 Å². The third-order valence-corrected chi connectivity index (χ3v) is 11.2. The summed E-state index contributed by atoms with van der Waals surface area (Å²) in [6.45, 7) is 0. The number of fused-ring (bicyclic) bond motifs is 10. The first-order valence-corrected chi connectivity index (χ1v) is 16.6. The van der Waals surface area contributed by atoms with Crippen LogP contribution in [0.3, 0.4) is 0 Å². The van der Waals surface area contributed by atoms with Gasteiger partial charge in [-0.2, -0.15) is 0 Å². The number of nitrogens with zero attached hydrogens (tertiary/aromatic N) is 3. The number of hydrogen-bond acceptors (Lipinski definition) is 4. The molecule has 0 saturated carbocycles. The van der Waals surface area contributed by atoms with Crippen molar-refractivity contribution in [1.29, 1.82) is 0 Å². The minimum Gasteiger partial charge on any atom is -0.309 e. The fourth-order valence-electron chi connectivity index (χ4n) is 6.88. The number of rotatable bonds is 3. The van der Waals surface area contributed by atoms with Gasteiger partial charge in [0.1, 0.15) is 4.83 Å². The maximum Gasteiger partial charge on any atom is 0.161 e. The van der Waals surface area contributed by atoms with E-state index in [1.165, 1.54) is 57.8 Å². The van der Waals surface area contributed by atoms with Crippen LogP contribution in [-0.2, 0) is 0 Å². The molecule has 0 aliphatic rings. The average molecular weight is 610 g/mol. The lowest BCUT2D eigenvalue weighted by atomic mass is 10.0. The van der Waals surface area contributed by atoms with Gasteiger partial charge in [-0.15, -0.1) is 22.7 Å². The quantitative estimate of drug-likeness (QED) is 0.199. The minimum absolute atomic E-state index is 0.760. The van der Waals surface area contributed by atoms with E-state index < -0.39 is 0 Å². The Morgan fingerprint density at radius 3 is 2.04 bits per heavy atom. The van der Waals surface area contributed by atoms with E-state index >= 15 is 0 Å². The first-order chi connectivity index (χ1) is 22.3. The molecule has 4 aromatic heterocycles. The van der Waals surface area contributed by atoms with Crippen LogP contribution in [0.25, 0.3) is 90.6 Å². The van der Waals surface area contributed by atoms with Crippen molar-refractivity contribution < 1.29 is 0 Å². The lowest BCUT2D eigenvalue weighted by molar-refractivity contribution is 1.18. The van der Waals surface area contributed by atoms with Gasteiger partial charge in [0.2, 0.25) is 0 Å². The molecule has 0 fully saturated rings. The Morgan fingerprint density at radius 1 is 0.467 bits per heavy atom. The van der Waals surface area contributed by atoms with Crippen LogP contribution in [0.4, 0.5) is 0 Å². The second-order valence-electron chi connectivity index (χ2n) is 11.3.